The molecule has 0 aliphatic carbocycles. The molecule has 0 bridgehead atoms. The second-order valence-electron chi connectivity index (χ2n) is 3.98. The van der Waals surface area contributed by atoms with Gasteiger partial charge in [-0.2, -0.15) is 5.26 Å². The predicted octanol–water partition coefficient (Wildman–Crippen LogP) is 4.39. The van der Waals surface area contributed by atoms with Crippen LogP contribution in [0.15, 0.2) is 40.6 Å². The molecule has 0 fully saturated rings. The smallest absolute Gasteiger partial charge is 0.102 e. The summed E-state index contributed by atoms with van der Waals surface area (Å²) in [6.45, 7) is 2.96. The van der Waals surface area contributed by atoms with Crippen molar-refractivity contribution in [2.45, 2.75) is 18.2 Å². The van der Waals surface area contributed by atoms with E-state index in [-0.39, 0.29) is 0 Å². The summed E-state index contributed by atoms with van der Waals surface area (Å²) >= 11 is 3.48. The second kappa shape index (κ2) is 7.22. The summed E-state index contributed by atoms with van der Waals surface area (Å²) in [5, 5.41) is 14.8. The molecule has 0 amide bonds. The number of hydrogen-bond acceptors (Lipinski definition) is 4. The highest BCUT2D eigenvalue weighted by Gasteiger charge is 2.07. The van der Waals surface area contributed by atoms with E-state index in [9.17, 15) is 5.26 Å². The van der Waals surface area contributed by atoms with Gasteiger partial charge in [-0.1, -0.05) is 19.1 Å². The van der Waals surface area contributed by atoms with Crippen molar-refractivity contribution in [3.63, 3.8) is 0 Å². The standard InChI is InChI=1S/C15H16N2S2/c1-2-18-15-7-3-6-14(13(15)11-16)17-9-8-12-5-4-10-19-12/h3-7,10,17H,2,8-9H2,1H3. The number of hydrogen-bond donors (Lipinski definition) is 1. The third-order valence-electron chi connectivity index (χ3n) is 2.70. The first kappa shape index (κ1) is 14.0. The van der Waals surface area contributed by atoms with E-state index in [1.165, 1.54) is 4.88 Å². The van der Waals surface area contributed by atoms with Crippen LogP contribution in [0, 0.1) is 11.3 Å². The van der Waals surface area contributed by atoms with Gasteiger partial charge in [0, 0.05) is 16.3 Å². The molecule has 0 spiro atoms. The first-order valence-electron chi connectivity index (χ1n) is 6.27. The van der Waals surface area contributed by atoms with Crippen molar-refractivity contribution in [3.8, 4) is 6.07 Å². The summed E-state index contributed by atoms with van der Waals surface area (Å²) in [6.07, 6.45) is 0.994. The second-order valence-corrected chi connectivity index (χ2v) is 6.32. The normalized spacial score (nSPS) is 10.1. The highest BCUT2D eigenvalue weighted by Crippen LogP contribution is 2.27. The Morgan fingerprint density at radius 1 is 1.32 bits per heavy atom. The molecule has 0 saturated carbocycles. The monoisotopic (exact) mass is 288 g/mol. The van der Waals surface area contributed by atoms with Gasteiger partial charge in [-0.15, -0.1) is 23.1 Å². The maximum absolute atomic E-state index is 9.31. The lowest BCUT2D eigenvalue weighted by Crippen LogP contribution is -2.05. The molecule has 2 nitrogen and oxygen atoms in total. The Morgan fingerprint density at radius 3 is 2.89 bits per heavy atom. The molecule has 0 aliphatic rings. The molecule has 4 heteroatoms. The number of nitrogens with one attached hydrogen (secondary N) is 1. The number of thiophene rings is 1. The Labute approximate surface area is 122 Å². The highest BCUT2D eigenvalue weighted by molar-refractivity contribution is 7.99. The summed E-state index contributed by atoms with van der Waals surface area (Å²) in [7, 11) is 0. The molecule has 2 aromatic rings. The summed E-state index contributed by atoms with van der Waals surface area (Å²) in [6, 6.07) is 12.5. The molecule has 1 N–H and O–H groups in total. The fourth-order valence-corrected chi connectivity index (χ4v) is 3.34. The minimum Gasteiger partial charge on any atom is -0.384 e. The van der Waals surface area contributed by atoms with Crippen molar-refractivity contribution in [2.24, 2.45) is 0 Å². The maximum Gasteiger partial charge on any atom is 0.102 e. The fraction of sp³-hybridized carbons (Fsp3) is 0.267. The van der Waals surface area contributed by atoms with Crippen molar-refractivity contribution in [3.05, 3.63) is 46.2 Å². The van der Waals surface area contributed by atoms with Crippen LogP contribution in [0.25, 0.3) is 0 Å². The van der Waals surface area contributed by atoms with Gasteiger partial charge in [0.15, 0.2) is 0 Å². The van der Waals surface area contributed by atoms with Gasteiger partial charge < -0.3 is 5.32 Å². The van der Waals surface area contributed by atoms with Gasteiger partial charge in [-0.25, -0.2) is 0 Å². The van der Waals surface area contributed by atoms with E-state index < -0.39 is 0 Å². The average molecular weight is 288 g/mol. The van der Waals surface area contributed by atoms with Gasteiger partial charge >= 0.3 is 0 Å². The minimum atomic E-state index is 0.764. The predicted molar refractivity (Wildman–Crippen MR) is 84.1 cm³/mol. The van der Waals surface area contributed by atoms with Crippen molar-refractivity contribution >= 4 is 28.8 Å². The highest BCUT2D eigenvalue weighted by atomic mass is 32.2. The van der Waals surface area contributed by atoms with E-state index in [1.807, 2.05) is 18.2 Å². The van der Waals surface area contributed by atoms with Crippen molar-refractivity contribution in [1.29, 1.82) is 5.26 Å². The van der Waals surface area contributed by atoms with Gasteiger partial charge in [0.1, 0.15) is 6.07 Å². The van der Waals surface area contributed by atoms with Crippen LogP contribution in [0.4, 0.5) is 5.69 Å². The molecular formula is C15H16N2S2. The van der Waals surface area contributed by atoms with Gasteiger partial charge in [-0.3, -0.25) is 0 Å². The number of rotatable bonds is 6. The lowest BCUT2D eigenvalue weighted by molar-refractivity contribution is 1.04. The first-order valence-corrected chi connectivity index (χ1v) is 8.14. The van der Waals surface area contributed by atoms with Crippen LogP contribution in [-0.2, 0) is 6.42 Å². The Hall–Kier alpha value is -1.44. The molecule has 0 radical (unpaired) electrons. The summed E-state index contributed by atoms with van der Waals surface area (Å²) in [4.78, 5) is 2.43. The number of nitrogens with zero attached hydrogens (tertiary/aromatic N) is 1. The van der Waals surface area contributed by atoms with E-state index in [4.69, 9.17) is 0 Å². The SMILES string of the molecule is CCSc1cccc(NCCc2cccs2)c1C#N. The van der Waals surface area contributed by atoms with Gasteiger partial charge in [-0.05, 0) is 35.8 Å². The lowest BCUT2D eigenvalue weighted by Gasteiger charge is -2.10. The molecule has 0 atom stereocenters. The Kier molecular flexibility index (Phi) is 5.31. The third kappa shape index (κ3) is 3.76. The zero-order valence-corrected chi connectivity index (χ0v) is 12.5. The van der Waals surface area contributed by atoms with Crippen LogP contribution in [0.2, 0.25) is 0 Å². The molecule has 1 heterocycles. The van der Waals surface area contributed by atoms with Crippen LogP contribution < -0.4 is 5.32 Å². The number of anilines is 1. The maximum atomic E-state index is 9.31. The first-order chi connectivity index (χ1) is 9.35. The Morgan fingerprint density at radius 2 is 2.21 bits per heavy atom. The van der Waals surface area contributed by atoms with Gasteiger partial charge in [0.25, 0.3) is 0 Å². The molecule has 0 saturated heterocycles. The van der Waals surface area contributed by atoms with E-state index in [2.05, 4.69) is 35.8 Å². The van der Waals surface area contributed by atoms with E-state index in [1.54, 1.807) is 23.1 Å². The summed E-state index contributed by atoms with van der Waals surface area (Å²) < 4.78 is 0. The Balaban J connectivity index is 2.03. The quantitative estimate of drug-likeness (QED) is 0.801. The molecule has 1 aromatic heterocycles. The number of thioether (sulfide) groups is 1. The molecule has 2 rings (SSSR count). The lowest BCUT2D eigenvalue weighted by atomic mass is 10.2. The van der Waals surface area contributed by atoms with E-state index in [0.717, 1.165) is 34.9 Å². The van der Waals surface area contributed by atoms with Crippen LogP contribution in [0.3, 0.4) is 0 Å². The summed E-state index contributed by atoms with van der Waals surface area (Å²) in [5.74, 6) is 0.979. The van der Waals surface area contributed by atoms with E-state index >= 15 is 0 Å². The Bertz CT molecular complexity index is 556. The summed E-state index contributed by atoms with van der Waals surface area (Å²) in [5.41, 5.74) is 1.71. The largest absolute Gasteiger partial charge is 0.384 e. The molecule has 1 aromatic carbocycles. The van der Waals surface area contributed by atoms with Crippen molar-refractivity contribution in [2.75, 3.05) is 17.6 Å². The number of nitriles is 1. The van der Waals surface area contributed by atoms with Gasteiger partial charge in [0.05, 0.1) is 11.3 Å². The topological polar surface area (TPSA) is 35.8 Å². The average Bonchev–Trinajstić information content (AvgIpc) is 2.93. The van der Waals surface area contributed by atoms with Crippen molar-refractivity contribution < 1.29 is 0 Å². The third-order valence-corrected chi connectivity index (χ3v) is 4.58. The fourth-order valence-electron chi connectivity index (χ4n) is 1.84. The molecule has 19 heavy (non-hydrogen) atoms. The van der Waals surface area contributed by atoms with Crippen LogP contribution in [0.1, 0.15) is 17.4 Å². The zero-order valence-electron chi connectivity index (χ0n) is 10.8. The van der Waals surface area contributed by atoms with Gasteiger partial charge in [0.2, 0.25) is 0 Å². The van der Waals surface area contributed by atoms with Crippen LogP contribution in [0.5, 0.6) is 0 Å². The minimum absolute atomic E-state index is 0.764. The molecule has 98 valence electrons. The molecule has 0 aliphatic heterocycles. The van der Waals surface area contributed by atoms with Crippen LogP contribution >= 0.6 is 23.1 Å². The van der Waals surface area contributed by atoms with E-state index in [0.29, 0.717) is 0 Å². The van der Waals surface area contributed by atoms with Crippen LogP contribution in [-0.4, -0.2) is 12.3 Å². The molecule has 0 unspecified atom stereocenters. The van der Waals surface area contributed by atoms with Crippen molar-refractivity contribution in [1.82, 2.24) is 0 Å². The number of benzene rings is 1. The zero-order chi connectivity index (χ0) is 13.5. The molecular weight excluding hydrogens is 272 g/mol.